The van der Waals surface area contributed by atoms with Gasteiger partial charge in [0.25, 0.3) is 5.56 Å². The topological polar surface area (TPSA) is 157 Å². The number of rotatable bonds is 6. The molecular weight excluding hydrogens is 642 g/mol. The molecule has 0 saturated heterocycles. The normalized spacial score (nSPS) is 23.0. The number of para-hydroxylation sites is 1. The van der Waals surface area contributed by atoms with Crippen molar-refractivity contribution in [3.05, 3.63) is 101 Å². The molecule has 2 aromatic carbocycles. The number of nitrogens with zero attached hydrogens (tertiary/aromatic N) is 5. The zero-order chi connectivity index (χ0) is 36.0. The molecule has 4 aromatic rings. The first-order valence-corrected chi connectivity index (χ1v) is 16.5. The summed E-state index contributed by atoms with van der Waals surface area (Å²) in [7, 11) is 4.61. The molecule has 3 heterocycles. The van der Waals surface area contributed by atoms with Crippen LogP contribution in [0.5, 0.6) is 17.2 Å². The Balaban J connectivity index is 1.32. The van der Waals surface area contributed by atoms with Crippen LogP contribution in [0.15, 0.2) is 67.5 Å². The molecular formula is C37H39N5O8. The first kappa shape index (κ1) is 33.1. The summed E-state index contributed by atoms with van der Waals surface area (Å²) < 4.78 is 16.1. The third kappa shape index (κ3) is 4.44. The maximum atomic E-state index is 14.2. The van der Waals surface area contributed by atoms with E-state index in [4.69, 9.17) is 9.47 Å². The van der Waals surface area contributed by atoms with E-state index < -0.39 is 34.7 Å². The third-order valence-corrected chi connectivity index (χ3v) is 11.3. The van der Waals surface area contributed by atoms with E-state index in [0.717, 1.165) is 4.57 Å². The molecule has 0 unspecified atom stereocenters. The summed E-state index contributed by atoms with van der Waals surface area (Å²) in [4.78, 5) is 74.2. The molecule has 13 heteroatoms. The lowest BCUT2D eigenvalue weighted by atomic mass is 9.50. The van der Waals surface area contributed by atoms with E-state index >= 15 is 0 Å². The number of phenols is 1. The predicted molar refractivity (Wildman–Crippen MR) is 184 cm³/mol. The number of carbonyl (C=O) groups is 2. The van der Waals surface area contributed by atoms with Crippen molar-refractivity contribution in [1.82, 2.24) is 23.5 Å². The Kier molecular flexibility index (Phi) is 7.65. The van der Waals surface area contributed by atoms with Gasteiger partial charge in [0.2, 0.25) is 0 Å². The highest BCUT2D eigenvalue weighted by molar-refractivity contribution is 6.15. The van der Waals surface area contributed by atoms with Crippen molar-refractivity contribution >= 4 is 22.6 Å². The van der Waals surface area contributed by atoms with Gasteiger partial charge in [-0.2, -0.15) is 0 Å². The molecule has 0 amide bonds. The van der Waals surface area contributed by atoms with Crippen LogP contribution < -0.4 is 26.4 Å². The summed E-state index contributed by atoms with van der Waals surface area (Å²) >= 11 is 0. The van der Waals surface area contributed by atoms with Crippen LogP contribution in [0, 0.1) is 18.3 Å². The van der Waals surface area contributed by atoms with Crippen molar-refractivity contribution in [2.24, 2.45) is 18.4 Å². The Bertz CT molecular complexity index is 2410. The minimum absolute atomic E-state index is 0.00217. The first-order valence-electron chi connectivity index (χ1n) is 16.5. The van der Waals surface area contributed by atoms with Gasteiger partial charge in [-0.15, -0.1) is 0 Å². The standard InChI is InChI=1S/C37H39N5O8/c1-18-9-8-10-22(31(18)43)30-21-11-14-41-35(47)40(13-12-24-34(46)39(5)27-17-29(50-7)28(49-6)16-25(27)38-24)36(48)42(41)26(21)15-23-32(44)19(2)20(3)33(45)37(23,30)4/h8-11,16-17,23,26,30,43H,12-15H2,1-7H3/t23-,26+,30+,37+/m0/s1. The van der Waals surface area contributed by atoms with E-state index in [0.29, 0.717) is 50.4 Å². The number of methoxy groups -OCH3 is 2. The Morgan fingerprint density at radius 2 is 1.68 bits per heavy atom. The maximum Gasteiger partial charge on any atom is 0.347 e. The van der Waals surface area contributed by atoms with Gasteiger partial charge in [0.05, 0.1) is 43.3 Å². The van der Waals surface area contributed by atoms with Gasteiger partial charge in [-0.25, -0.2) is 28.5 Å². The minimum atomic E-state index is -1.22. The smallest absolute Gasteiger partial charge is 0.347 e. The van der Waals surface area contributed by atoms with Gasteiger partial charge in [0, 0.05) is 49.5 Å². The molecule has 4 atom stereocenters. The Labute approximate surface area is 286 Å². The fourth-order valence-electron chi connectivity index (χ4n) is 8.43. The highest BCUT2D eigenvalue weighted by Crippen LogP contribution is 2.61. The number of ether oxygens (including phenoxy) is 2. The molecule has 0 bridgehead atoms. The van der Waals surface area contributed by atoms with Crippen molar-refractivity contribution in [1.29, 1.82) is 0 Å². The lowest BCUT2D eigenvalue weighted by molar-refractivity contribution is -0.140. The largest absolute Gasteiger partial charge is 0.507 e. The number of carbonyl (C=O) groups excluding carboxylic acids is 2. The van der Waals surface area contributed by atoms with Gasteiger partial charge in [-0.05, 0) is 49.5 Å². The summed E-state index contributed by atoms with van der Waals surface area (Å²) in [5.74, 6) is -0.974. The third-order valence-electron chi connectivity index (χ3n) is 11.3. The zero-order valence-corrected chi connectivity index (χ0v) is 29.1. The number of aryl methyl sites for hydroxylation is 3. The molecule has 1 fully saturated rings. The molecule has 1 saturated carbocycles. The Hall–Kier alpha value is -5.46. The van der Waals surface area contributed by atoms with Crippen molar-refractivity contribution in [2.45, 2.75) is 65.6 Å². The van der Waals surface area contributed by atoms with Crippen LogP contribution in [0.25, 0.3) is 11.0 Å². The van der Waals surface area contributed by atoms with Gasteiger partial charge in [0.15, 0.2) is 23.1 Å². The number of fused-ring (bicyclic) bond motifs is 5. The van der Waals surface area contributed by atoms with E-state index in [2.05, 4.69) is 4.98 Å². The van der Waals surface area contributed by atoms with Gasteiger partial charge >= 0.3 is 11.4 Å². The summed E-state index contributed by atoms with van der Waals surface area (Å²) in [6.45, 7) is 6.80. The van der Waals surface area contributed by atoms with Crippen molar-refractivity contribution < 1.29 is 24.2 Å². The molecule has 1 N–H and O–H groups in total. The van der Waals surface area contributed by atoms with Crippen LogP contribution in [0.4, 0.5) is 0 Å². The molecule has 0 spiro atoms. The summed E-state index contributed by atoms with van der Waals surface area (Å²) in [5.41, 5.74) is 1.02. The number of aromatic nitrogens is 5. The molecule has 0 radical (unpaired) electrons. The number of benzene rings is 2. The van der Waals surface area contributed by atoms with Gasteiger partial charge in [0.1, 0.15) is 11.4 Å². The Morgan fingerprint density at radius 1 is 0.980 bits per heavy atom. The van der Waals surface area contributed by atoms with Crippen molar-refractivity contribution in [2.75, 3.05) is 14.2 Å². The van der Waals surface area contributed by atoms with Gasteiger partial charge in [-0.3, -0.25) is 14.4 Å². The minimum Gasteiger partial charge on any atom is -0.507 e. The van der Waals surface area contributed by atoms with E-state index in [1.165, 1.54) is 28.2 Å². The van der Waals surface area contributed by atoms with Crippen molar-refractivity contribution in [3.8, 4) is 17.2 Å². The summed E-state index contributed by atoms with van der Waals surface area (Å²) in [5, 5.41) is 11.3. The highest BCUT2D eigenvalue weighted by atomic mass is 16.5. The monoisotopic (exact) mass is 681 g/mol. The van der Waals surface area contributed by atoms with E-state index in [-0.39, 0.29) is 54.5 Å². The van der Waals surface area contributed by atoms with E-state index in [1.807, 2.05) is 6.08 Å². The molecule has 50 heavy (non-hydrogen) atoms. The number of ketones is 2. The molecule has 1 aliphatic heterocycles. The number of aromatic hydroxyl groups is 1. The average molecular weight is 682 g/mol. The maximum absolute atomic E-state index is 14.2. The SMILES string of the molecule is COc1cc2nc(CCn3c(=O)n4n(c3=O)[C@@H]3C[C@H]5C(=O)C(C)=C(C)C(=O)[C@@]5(C)[C@@H](c5cccc(C)c5O)C3=CC4)c(=O)n(C)c2cc1OC. The lowest BCUT2D eigenvalue weighted by Crippen LogP contribution is -2.55. The van der Waals surface area contributed by atoms with E-state index in [1.54, 1.807) is 65.1 Å². The fraction of sp³-hybridized carbons (Fsp3) is 0.405. The Morgan fingerprint density at radius 3 is 2.38 bits per heavy atom. The molecule has 13 nitrogen and oxygen atoms in total. The number of allylic oxidation sites excluding steroid dienone is 4. The zero-order valence-electron chi connectivity index (χ0n) is 29.1. The second-order valence-electron chi connectivity index (χ2n) is 13.7. The van der Waals surface area contributed by atoms with Crippen LogP contribution in [0.1, 0.15) is 56.0 Å². The number of hydrogen-bond acceptors (Lipinski definition) is 9. The van der Waals surface area contributed by atoms with Crippen LogP contribution >= 0.6 is 0 Å². The summed E-state index contributed by atoms with van der Waals surface area (Å²) in [6.07, 6.45) is 1.98. The fourth-order valence-corrected chi connectivity index (χ4v) is 8.43. The van der Waals surface area contributed by atoms with E-state index in [9.17, 15) is 29.1 Å². The second kappa shape index (κ2) is 11.6. The van der Waals surface area contributed by atoms with Crippen LogP contribution in [-0.2, 0) is 36.1 Å². The average Bonchev–Trinajstić information content (AvgIpc) is 3.36. The molecule has 7 rings (SSSR count). The quantitative estimate of drug-likeness (QED) is 0.302. The summed E-state index contributed by atoms with van der Waals surface area (Å²) in [6, 6.07) is 7.93. The number of hydrogen-bond donors (Lipinski definition) is 1. The molecule has 2 aromatic heterocycles. The second-order valence-corrected chi connectivity index (χ2v) is 13.7. The molecule has 260 valence electrons. The van der Waals surface area contributed by atoms with Gasteiger partial charge in [-0.1, -0.05) is 31.2 Å². The van der Waals surface area contributed by atoms with Crippen LogP contribution in [-0.4, -0.2) is 54.4 Å². The molecule has 2 aliphatic carbocycles. The van der Waals surface area contributed by atoms with Crippen molar-refractivity contribution in [3.63, 3.8) is 0 Å². The number of phenolic OH excluding ortho intramolecular Hbond substituents is 1. The highest BCUT2D eigenvalue weighted by Gasteiger charge is 2.60. The lowest BCUT2D eigenvalue weighted by Gasteiger charge is -2.53. The molecule has 3 aliphatic rings. The number of Topliss-reactive ketones (excluding diaryl/α,β-unsaturated/α-hetero) is 2. The first-order chi connectivity index (χ1) is 23.8. The van der Waals surface area contributed by atoms with Gasteiger partial charge < -0.3 is 19.1 Å². The van der Waals surface area contributed by atoms with Crippen LogP contribution in [0.3, 0.4) is 0 Å². The van der Waals surface area contributed by atoms with Crippen LogP contribution in [0.2, 0.25) is 0 Å². The predicted octanol–water partition coefficient (Wildman–Crippen LogP) is 3.11.